The molecule has 0 bridgehead atoms. The fourth-order valence-corrected chi connectivity index (χ4v) is 4.57. The Morgan fingerprint density at radius 1 is 0.419 bits per heavy atom. The number of fused-ring (bicyclic) bond motifs is 2. The quantitative estimate of drug-likeness (QED) is 0.294. The molecule has 31 heavy (non-hydrogen) atoms. The van der Waals surface area contributed by atoms with Gasteiger partial charge in [0.25, 0.3) is 0 Å². The standard InChI is InChI=1S/C29H22N2/c1-2-8-22(9-3-1)23-14-16-26(17-15-23)29(30-20-18-24-10-4-6-12-27(24)30)31-21-19-25-11-5-7-13-28(25)31/h1-21,29H. The van der Waals surface area contributed by atoms with Crippen molar-refractivity contribution in [2.45, 2.75) is 6.17 Å². The number of para-hydroxylation sites is 2. The lowest BCUT2D eigenvalue weighted by Crippen LogP contribution is -2.18. The van der Waals surface area contributed by atoms with Gasteiger partial charge in [0.15, 0.2) is 0 Å². The van der Waals surface area contributed by atoms with Gasteiger partial charge in [-0.05, 0) is 51.7 Å². The summed E-state index contributed by atoms with van der Waals surface area (Å²) < 4.78 is 4.75. The highest BCUT2D eigenvalue weighted by Gasteiger charge is 2.19. The fraction of sp³-hybridized carbons (Fsp3) is 0.0345. The summed E-state index contributed by atoms with van der Waals surface area (Å²) in [6.07, 6.45) is 4.44. The van der Waals surface area contributed by atoms with E-state index in [1.807, 2.05) is 0 Å². The molecular formula is C29H22N2. The summed E-state index contributed by atoms with van der Waals surface area (Å²) in [5.41, 5.74) is 6.19. The maximum Gasteiger partial charge on any atom is 0.136 e. The Balaban J connectivity index is 1.54. The Kier molecular flexibility index (Phi) is 4.21. The zero-order valence-electron chi connectivity index (χ0n) is 17.1. The Bertz CT molecular complexity index is 1400. The normalized spacial score (nSPS) is 11.5. The van der Waals surface area contributed by atoms with Crippen LogP contribution in [0, 0.1) is 0 Å². The molecule has 0 N–H and O–H groups in total. The zero-order chi connectivity index (χ0) is 20.6. The molecule has 6 rings (SSSR count). The smallest absolute Gasteiger partial charge is 0.136 e. The fourth-order valence-electron chi connectivity index (χ4n) is 4.57. The van der Waals surface area contributed by atoms with Crippen LogP contribution in [0.1, 0.15) is 11.7 Å². The first kappa shape index (κ1) is 17.8. The average molecular weight is 399 g/mol. The minimum absolute atomic E-state index is 0.0321. The summed E-state index contributed by atoms with van der Waals surface area (Å²) in [5.74, 6) is 0. The molecule has 2 heteroatoms. The van der Waals surface area contributed by atoms with Crippen LogP contribution in [0.4, 0.5) is 0 Å². The summed E-state index contributed by atoms with van der Waals surface area (Å²) in [7, 11) is 0. The van der Waals surface area contributed by atoms with Gasteiger partial charge in [0.2, 0.25) is 0 Å². The zero-order valence-corrected chi connectivity index (χ0v) is 17.1. The summed E-state index contributed by atoms with van der Waals surface area (Å²) in [6.45, 7) is 0. The van der Waals surface area contributed by atoms with Crippen LogP contribution >= 0.6 is 0 Å². The third-order valence-corrected chi connectivity index (χ3v) is 6.10. The molecule has 0 saturated heterocycles. The maximum absolute atomic E-state index is 2.37. The third kappa shape index (κ3) is 3.04. The lowest BCUT2D eigenvalue weighted by atomic mass is 10.0. The van der Waals surface area contributed by atoms with Crippen LogP contribution in [-0.4, -0.2) is 9.13 Å². The summed E-state index contributed by atoms with van der Waals surface area (Å²) in [4.78, 5) is 0. The number of nitrogens with zero attached hydrogens (tertiary/aromatic N) is 2. The predicted molar refractivity (Wildman–Crippen MR) is 129 cm³/mol. The molecule has 0 aliphatic rings. The Hall–Kier alpha value is -4.04. The second-order valence-electron chi connectivity index (χ2n) is 7.93. The molecule has 0 atom stereocenters. The van der Waals surface area contributed by atoms with Gasteiger partial charge in [-0.3, -0.25) is 0 Å². The van der Waals surface area contributed by atoms with E-state index < -0.39 is 0 Å². The first-order valence-corrected chi connectivity index (χ1v) is 10.6. The van der Waals surface area contributed by atoms with Crippen LogP contribution in [-0.2, 0) is 0 Å². The van der Waals surface area contributed by atoms with Crippen LogP contribution in [0.5, 0.6) is 0 Å². The van der Waals surface area contributed by atoms with Gasteiger partial charge < -0.3 is 9.13 Å². The molecule has 4 aromatic carbocycles. The summed E-state index contributed by atoms with van der Waals surface area (Å²) in [6, 6.07) is 41.1. The van der Waals surface area contributed by atoms with Gasteiger partial charge in [0.1, 0.15) is 6.17 Å². The van der Waals surface area contributed by atoms with Crippen molar-refractivity contribution in [3.63, 3.8) is 0 Å². The topological polar surface area (TPSA) is 9.86 Å². The number of hydrogen-bond donors (Lipinski definition) is 0. The molecule has 0 aliphatic carbocycles. The van der Waals surface area contributed by atoms with Crippen molar-refractivity contribution in [1.29, 1.82) is 0 Å². The Morgan fingerprint density at radius 3 is 1.48 bits per heavy atom. The first-order chi connectivity index (χ1) is 15.4. The molecule has 0 fully saturated rings. The highest BCUT2D eigenvalue weighted by atomic mass is 15.2. The van der Waals surface area contributed by atoms with Crippen molar-refractivity contribution < 1.29 is 0 Å². The van der Waals surface area contributed by atoms with Crippen LogP contribution in [0.25, 0.3) is 32.9 Å². The molecule has 0 spiro atoms. The van der Waals surface area contributed by atoms with Crippen LogP contribution in [0.3, 0.4) is 0 Å². The van der Waals surface area contributed by atoms with Gasteiger partial charge in [0.05, 0.1) is 11.0 Å². The predicted octanol–water partition coefficient (Wildman–Crippen LogP) is 7.36. The van der Waals surface area contributed by atoms with E-state index in [1.54, 1.807) is 0 Å². The molecule has 6 aromatic rings. The molecule has 2 heterocycles. The second kappa shape index (κ2) is 7.33. The number of rotatable bonds is 4. The highest BCUT2D eigenvalue weighted by Crippen LogP contribution is 2.31. The van der Waals surface area contributed by atoms with Gasteiger partial charge in [-0.2, -0.15) is 0 Å². The van der Waals surface area contributed by atoms with E-state index in [0.717, 1.165) is 0 Å². The minimum Gasteiger partial charge on any atom is -0.322 e. The molecular weight excluding hydrogens is 376 g/mol. The van der Waals surface area contributed by atoms with Gasteiger partial charge >= 0.3 is 0 Å². The van der Waals surface area contributed by atoms with E-state index in [1.165, 1.54) is 38.5 Å². The van der Waals surface area contributed by atoms with Crippen LogP contribution < -0.4 is 0 Å². The van der Waals surface area contributed by atoms with Crippen molar-refractivity contribution in [3.05, 3.63) is 133 Å². The minimum atomic E-state index is 0.0321. The van der Waals surface area contributed by atoms with E-state index in [-0.39, 0.29) is 6.17 Å². The van der Waals surface area contributed by atoms with E-state index >= 15 is 0 Å². The molecule has 0 amide bonds. The Labute approximate surface area is 181 Å². The van der Waals surface area contributed by atoms with Gasteiger partial charge in [-0.15, -0.1) is 0 Å². The molecule has 0 unspecified atom stereocenters. The summed E-state index contributed by atoms with van der Waals surface area (Å²) >= 11 is 0. The largest absolute Gasteiger partial charge is 0.322 e. The van der Waals surface area contributed by atoms with E-state index in [9.17, 15) is 0 Å². The van der Waals surface area contributed by atoms with Crippen LogP contribution in [0.2, 0.25) is 0 Å². The molecule has 2 nitrogen and oxygen atoms in total. The lowest BCUT2D eigenvalue weighted by Gasteiger charge is -2.24. The van der Waals surface area contributed by atoms with Gasteiger partial charge in [0, 0.05) is 12.4 Å². The lowest BCUT2D eigenvalue weighted by molar-refractivity contribution is 0.534. The molecule has 0 saturated carbocycles. The summed E-state index contributed by atoms with van der Waals surface area (Å²) in [5, 5.41) is 2.51. The van der Waals surface area contributed by atoms with Crippen LogP contribution in [0.15, 0.2) is 128 Å². The maximum atomic E-state index is 2.37. The number of aromatic nitrogens is 2. The first-order valence-electron chi connectivity index (χ1n) is 10.6. The molecule has 0 radical (unpaired) electrons. The molecule has 2 aromatic heterocycles. The average Bonchev–Trinajstić information content (AvgIpc) is 3.46. The van der Waals surface area contributed by atoms with Crippen molar-refractivity contribution in [2.24, 2.45) is 0 Å². The van der Waals surface area contributed by atoms with Crippen molar-refractivity contribution >= 4 is 21.8 Å². The second-order valence-corrected chi connectivity index (χ2v) is 7.93. The molecule has 0 aliphatic heterocycles. The highest BCUT2D eigenvalue weighted by molar-refractivity contribution is 5.82. The van der Waals surface area contributed by atoms with Gasteiger partial charge in [-0.1, -0.05) is 91.0 Å². The number of hydrogen-bond acceptors (Lipinski definition) is 0. The Morgan fingerprint density at radius 2 is 0.903 bits per heavy atom. The van der Waals surface area contributed by atoms with Crippen molar-refractivity contribution in [1.82, 2.24) is 9.13 Å². The van der Waals surface area contributed by atoms with E-state index in [0.29, 0.717) is 0 Å². The SMILES string of the molecule is c1ccc(-c2ccc(C(n3ccc4ccccc43)n3ccc4ccccc43)cc2)cc1. The molecule has 148 valence electrons. The monoisotopic (exact) mass is 398 g/mol. The van der Waals surface area contributed by atoms with Crippen molar-refractivity contribution in [2.75, 3.05) is 0 Å². The number of benzene rings is 4. The van der Waals surface area contributed by atoms with Gasteiger partial charge in [-0.25, -0.2) is 0 Å². The van der Waals surface area contributed by atoms with E-state index in [4.69, 9.17) is 0 Å². The van der Waals surface area contributed by atoms with E-state index in [2.05, 4.69) is 137 Å². The third-order valence-electron chi connectivity index (χ3n) is 6.10. The van der Waals surface area contributed by atoms with Crippen molar-refractivity contribution in [3.8, 4) is 11.1 Å².